The SMILES string of the molecule is CC[C@H](C)[C@@H]([C@@H](CC(=O)N1CCC[C@H]1[C@H](OC)[C@@H](C)C(=O)N[C@@H](Cc1ccccc1)C(=O)NCCCOC(=O)[C@H](C)NC(=O)CC[C@H](NC(=O)CCNC(=O)OCCC(=O)NCCOCCOCCOCCOCCOCCOCCOCCOC)C(=O)O)OC)N(C)C(=O)[C@@H](NC(=O)[C@H](C(C)C)N(C)C)C(C)C. The number of nitrogens with zero attached hydrogens (tertiary/aromatic N) is 3. The van der Waals surface area contributed by atoms with Gasteiger partial charge >= 0.3 is 18.0 Å². The van der Waals surface area contributed by atoms with Gasteiger partial charge in [-0.1, -0.05) is 85.2 Å². The smallest absolute Gasteiger partial charge is 0.407 e. The van der Waals surface area contributed by atoms with Gasteiger partial charge in [-0.2, -0.15) is 0 Å². The van der Waals surface area contributed by atoms with Crippen LogP contribution < -0.4 is 37.2 Å². The number of esters is 1. The summed E-state index contributed by atoms with van der Waals surface area (Å²) in [6, 6.07) is 3.00. The number of carbonyl (C=O) groups is 11. The van der Waals surface area contributed by atoms with E-state index < -0.39 is 114 Å². The summed E-state index contributed by atoms with van der Waals surface area (Å²) >= 11 is 0. The monoisotopic (exact) mass is 1550 g/mol. The van der Waals surface area contributed by atoms with Crippen LogP contribution >= 0.6 is 0 Å². The third kappa shape index (κ3) is 40.5. The Morgan fingerprint density at radius 2 is 1.13 bits per heavy atom. The molecule has 109 heavy (non-hydrogen) atoms. The minimum atomic E-state index is -1.49. The molecule has 1 aromatic carbocycles. The molecular formula is C75H130N10O24. The first-order valence-electron chi connectivity index (χ1n) is 38.0. The zero-order valence-electron chi connectivity index (χ0n) is 67.0. The van der Waals surface area contributed by atoms with Crippen molar-refractivity contribution in [3.05, 3.63) is 35.9 Å². The van der Waals surface area contributed by atoms with Crippen LogP contribution in [0, 0.1) is 23.7 Å². The molecule has 0 aromatic heterocycles. The van der Waals surface area contributed by atoms with Crippen molar-refractivity contribution in [3.8, 4) is 0 Å². The number of carbonyl (C=O) groups excluding carboxylic acids is 10. The van der Waals surface area contributed by atoms with Crippen molar-refractivity contribution in [2.75, 3.05) is 181 Å². The van der Waals surface area contributed by atoms with Crippen molar-refractivity contribution in [2.45, 2.75) is 174 Å². The molecule has 1 saturated heterocycles. The number of aliphatic carboxylic acids is 1. The van der Waals surface area contributed by atoms with Crippen LogP contribution in [0.1, 0.15) is 119 Å². The van der Waals surface area contributed by atoms with Crippen molar-refractivity contribution >= 4 is 65.3 Å². The number of benzene rings is 1. The predicted molar refractivity (Wildman–Crippen MR) is 401 cm³/mol. The lowest BCUT2D eigenvalue weighted by molar-refractivity contribution is -0.148. The molecule has 0 spiro atoms. The zero-order valence-corrected chi connectivity index (χ0v) is 67.0. The summed E-state index contributed by atoms with van der Waals surface area (Å²) in [6.07, 6.45) is -1.64. The van der Waals surface area contributed by atoms with E-state index in [-0.39, 0.29) is 113 Å². The van der Waals surface area contributed by atoms with Gasteiger partial charge in [-0.3, -0.25) is 43.3 Å². The Morgan fingerprint density at radius 3 is 1.65 bits per heavy atom. The summed E-state index contributed by atoms with van der Waals surface area (Å²) in [4.78, 5) is 151. The van der Waals surface area contributed by atoms with Gasteiger partial charge < -0.3 is 109 Å². The van der Waals surface area contributed by atoms with Gasteiger partial charge in [0.15, 0.2) is 0 Å². The highest BCUT2D eigenvalue weighted by Gasteiger charge is 2.44. The van der Waals surface area contributed by atoms with Crippen LogP contribution in [0.25, 0.3) is 0 Å². The molecule has 34 nitrogen and oxygen atoms in total. The first-order valence-corrected chi connectivity index (χ1v) is 38.0. The van der Waals surface area contributed by atoms with E-state index in [2.05, 4.69) is 37.2 Å². The Bertz CT molecular complexity index is 2790. The Hall–Kier alpha value is -7.25. The Kier molecular flexibility index (Phi) is 51.8. The molecule has 1 aromatic rings. The van der Waals surface area contributed by atoms with Crippen molar-refractivity contribution in [1.82, 2.24) is 51.9 Å². The van der Waals surface area contributed by atoms with Gasteiger partial charge in [0.25, 0.3) is 0 Å². The Balaban J connectivity index is 1.76. The summed E-state index contributed by atoms with van der Waals surface area (Å²) in [5.41, 5.74) is 0.762. The fraction of sp³-hybridized carbons (Fsp3) is 0.773. The highest BCUT2D eigenvalue weighted by Crippen LogP contribution is 2.30. The molecule has 2 rings (SSSR count). The van der Waals surface area contributed by atoms with E-state index in [0.717, 1.165) is 5.56 Å². The number of carboxylic acid groups (broad SMARTS) is 1. The molecule has 0 saturated carbocycles. The van der Waals surface area contributed by atoms with E-state index in [4.69, 9.17) is 56.8 Å². The van der Waals surface area contributed by atoms with E-state index in [1.54, 1.807) is 30.9 Å². The molecule has 0 radical (unpaired) electrons. The average molecular weight is 1560 g/mol. The first kappa shape index (κ1) is 97.8. The molecule has 34 heteroatoms. The lowest BCUT2D eigenvalue weighted by Crippen LogP contribution is -2.59. The van der Waals surface area contributed by atoms with E-state index >= 15 is 0 Å². The normalized spacial score (nSPS) is 15.6. The van der Waals surface area contributed by atoms with E-state index in [9.17, 15) is 57.8 Å². The van der Waals surface area contributed by atoms with Crippen molar-refractivity contribution in [2.24, 2.45) is 23.7 Å². The molecule has 1 heterocycles. The third-order valence-corrected chi connectivity index (χ3v) is 18.2. The lowest BCUT2D eigenvalue weighted by Gasteiger charge is -2.41. The first-order chi connectivity index (χ1) is 52.1. The van der Waals surface area contributed by atoms with Gasteiger partial charge in [-0.15, -0.1) is 0 Å². The van der Waals surface area contributed by atoms with Gasteiger partial charge in [-0.05, 0) is 70.0 Å². The quantitative estimate of drug-likeness (QED) is 0.0339. The molecule has 0 aliphatic carbocycles. The fourth-order valence-electron chi connectivity index (χ4n) is 12.1. The number of likely N-dealkylation sites (tertiary alicyclic amines) is 1. The average Bonchev–Trinajstić information content (AvgIpc) is 1.74. The van der Waals surface area contributed by atoms with Crippen LogP contribution in [0.3, 0.4) is 0 Å². The standard InChI is InChI=1S/C75H130N10O24/c1-15-53(6)67(84(11)72(93)65(51(2)3)82-71(92)66(52(4)5)83(9)10)60(99-13)50-64(89)85-31-19-23-59(85)68(100-14)54(7)69(90)81-58(49-56-21-17-16-18-22-56)70(91)77-28-20-32-108-74(96)55(8)79-62(87)25-24-57(73(94)95)80-63(88)26-29-78-75(97)109-33-27-61(86)76-30-34-101-37-38-103-41-42-105-45-46-107-48-47-106-44-43-104-40-39-102-36-35-98-12/h16-18,21-22,51-55,57-60,65-68H,15,19-20,23-50H2,1-14H3,(H,76,86)(H,77,91)(H,78,97)(H,79,87)(H,80,88)(H,81,90)(H,82,92)(H,94,95)/t53-,54+,55-,57-,58-,59-,60+,65-,66-,67-,68+/m0/s1. The van der Waals surface area contributed by atoms with Gasteiger partial charge in [0.05, 0.1) is 155 Å². The molecule has 9 amide bonds. The second-order valence-electron chi connectivity index (χ2n) is 27.5. The maximum absolute atomic E-state index is 14.6. The number of rotatable bonds is 62. The molecule has 1 fully saturated rings. The maximum atomic E-state index is 14.6. The minimum absolute atomic E-state index is 0.0140. The summed E-state index contributed by atoms with van der Waals surface area (Å²) in [6.45, 7) is 21.0. The second-order valence-corrected chi connectivity index (χ2v) is 27.5. The van der Waals surface area contributed by atoms with Crippen LogP contribution in [0.15, 0.2) is 30.3 Å². The van der Waals surface area contributed by atoms with Crippen LogP contribution in [-0.4, -0.2) is 321 Å². The highest BCUT2D eigenvalue weighted by atomic mass is 16.6. The molecule has 1 aliphatic heterocycles. The topological polar surface area (TPSA) is 413 Å². The zero-order chi connectivity index (χ0) is 81.1. The molecule has 624 valence electrons. The van der Waals surface area contributed by atoms with Crippen LogP contribution in [0.4, 0.5) is 4.79 Å². The molecule has 0 bridgehead atoms. The number of hydrogen-bond acceptors (Lipinski definition) is 24. The number of nitrogens with one attached hydrogen (secondary N) is 7. The van der Waals surface area contributed by atoms with Gasteiger partial charge in [0, 0.05) is 73.8 Å². The second kappa shape index (κ2) is 57.8. The largest absolute Gasteiger partial charge is 0.480 e. The number of carboxylic acids is 1. The molecule has 11 atom stereocenters. The molecular weight excluding hydrogens is 1420 g/mol. The Morgan fingerprint density at radius 1 is 0.560 bits per heavy atom. The number of likely N-dealkylation sites (N-methyl/N-ethyl adjacent to an activating group) is 2. The van der Waals surface area contributed by atoms with Gasteiger partial charge in [-0.25, -0.2) is 14.4 Å². The number of methoxy groups -OCH3 is 3. The lowest BCUT2D eigenvalue weighted by atomic mass is 9.89. The third-order valence-electron chi connectivity index (χ3n) is 18.2. The number of hydrogen-bond donors (Lipinski definition) is 8. The van der Waals surface area contributed by atoms with E-state index in [1.165, 1.54) is 21.1 Å². The van der Waals surface area contributed by atoms with Gasteiger partial charge in [0.2, 0.25) is 47.3 Å². The molecule has 1 aliphatic rings. The summed E-state index contributed by atoms with van der Waals surface area (Å²) in [7, 11) is 9.95. The summed E-state index contributed by atoms with van der Waals surface area (Å²) in [5, 5.41) is 28.2. The fourth-order valence-corrected chi connectivity index (χ4v) is 12.1. The summed E-state index contributed by atoms with van der Waals surface area (Å²) in [5.74, 6) is -7.12. The van der Waals surface area contributed by atoms with Crippen LogP contribution in [-0.2, 0) is 111 Å². The predicted octanol–water partition coefficient (Wildman–Crippen LogP) is 1.65. The Labute approximate surface area is 644 Å². The van der Waals surface area contributed by atoms with Crippen molar-refractivity contribution < 1.29 is 115 Å². The van der Waals surface area contributed by atoms with E-state index in [1.807, 2.05) is 90.9 Å². The van der Waals surface area contributed by atoms with E-state index in [0.29, 0.717) is 118 Å². The van der Waals surface area contributed by atoms with Crippen molar-refractivity contribution in [3.63, 3.8) is 0 Å². The number of amides is 9. The summed E-state index contributed by atoms with van der Waals surface area (Å²) < 4.78 is 65.3. The highest BCUT2D eigenvalue weighted by molar-refractivity contribution is 5.91. The molecule has 0 unspecified atom stereocenters. The molecule has 8 N–H and O–H groups in total. The van der Waals surface area contributed by atoms with Crippen LogP contribution in [0.2, 0.25) is 0 Å². The number of ether oxygens (including phenoxy) is 12. The number of alkyl carbamates (subject to hydrolysis) is 1. The minimum Gasteiger partial charge on any atom is -0.480 e. The van der Waals surface area contributed by atoms with Crippen LogP contribution in [0.5, 0.6) is 0 Å². The van der Waals surface area contributed by atoms with Gasteiger partial charge in [0.1, 0.15) is 30.8 Å². The van der Waals surface area contributed by atoms with Crippen molar-refractivity contribution in [1.29, 1.82) is 0 Å². The maximum Gasteiger partial charge on any atom is 0.407 e.